The number of rotatable bonds is 4. The molecule has 0 spiro atoms. The van der Waals surface area contributed by atoms with Gasteiger partial charge in [-0.2, -0.15) is 0 Å². The number of amides is 1. The molecule has 0 saturated carbocycles. The van der Waals surface area contributed by atoms with Gasteiger partial charge in [-0.15, -0.1) is 0 Å². The molecule has 1 aliphatic rings. The van der Waals surface area contributed by atoms with Gasteiger partial charge in [0.15, 0.2) is 0 Å². The number of carbonyl (C=O) groups excluding carboxylic acids is 2. The van der Waals surface area contributed by atoms with Crippen LogP contribution in [-0.4, -0.2) is 61.5 Å². The fourth-order valence-electron chi connectivity index (χ4n) is 2.09. The minimum Gasteiger partial charge on any atom is -0.468 e. The van der Waals surface area contributed by atoms with Gasteiger partial charge < -0.3 is 14.5 Å². The summed E-state index contributed by atoms with van der Waals surface area (Å²) in [5, 5.41) is 0. The van der Waals surface area contributed by atoms with Crippen molar-refractivity contribution in [1.29, 1.82) is 0 Å². The predicted molar refractivity (Wildman–Crippen MR) is 64.5 cm³/mol. The van der Waals surface area contributed by atoms with Crippen LogP contribution in [0.25, 0.3) is 0 Å². The molecule has 1 unspecified atom stereocenters. The van der Waals surface area contributed by atoms with Gasteiger partial charge in [0, 0.05) is 26.2 Å². The number of hydrogen-bond acceptors (Lipinski definition) is 4. The molecule has 5 heteroatoms. The van der Waals surface area contributed by atoms with Gasteiger partial charge in [0.2, 0.25) is 5.91 Å². The van der Waals surface area contributed by atoms with Crippen LogP contribution in [-0.2, 0) is 14.3 Å². The summed E-state index contributed by atoms with van der Waals surface area (Å²) in [6.45, 7) is 8.15. The minimum atomic E-state index is -0.631. The van der Waals surface area contributed by atoms with Gasteiger partial charge in [-0.1, -0.05) is 13.8 Å². The van der Waals surface area contributed by atoms with Gasteiger partial charge in [0.1, 0.15) is 5.92 Å². The van der Waals surface area contributed by atoms with E-state index >= 15 is 0 Å². The highest BCUT2D eigenvalue weighted by atomic mass is 16.5. The van der Waals surface area contributed by atoms with Gasteiger partial charge >= 0.3 is 5.97 Å². The lowest BCUT2D eigenvalue weighted by Crippen LogP contribution is -2.51. The molecule has 1 rings (SSSR count). The third kappa shape index (κ3) is 3.43. The topological polar surface area (TPSA) is 49.9 Å². The van der Waals surface area contributed by atoms with E-state index in [1.54, 1.807) is 4.90 Å². The quantitative estimate of drug-likeness (QED) is 0.527. The first-order valence-corrected chi connectivity index (χ1v) is 6.23. The molecule has 0 aliphatic carbocycles. The van der Waals surface area contributed by atoms with E-state index in [0.717, 1.165) is 19.6 Å². The Kier molecular flexibility index (Phi) is 5.41. The van der Waals surface area contributed by atoms with Crippen LogP contribution in [0.2, 0.25) is 0 Å². The lowest BCUT2D eigenvalue weighted by atomic mass is 10.0. The van der Waals surface area contributed by atoms with Crippen molar-refractivity contribution in [3.8, 4) is 0 Å². The summed E-state index contributed by atoms with van der Waals surface area (Å²) in [6, 6.07) is 0. The zero-order valence-electron chi connectivity index (χ0n) is 10.9. The molecule has 98 valence electrons. The highest BCUT2D eigenvalue weighted by Crippen LogP contribution is 2.12. The fraction of sp³-hybridized carbons (Fsp3) is 0.833. The Morgan fingerprint density at radius 3 is 2.18 bits per heavy atom. The number of carbonyl (C=O) groups is 2. The van der Waals surface area contributed by atoms with Crippen LogP contribution >= 0.6 is 0 Å². The summed E-state index contributed by atoms with van der Waals surface area (Å²) in [4.78, 5) is 27.7. The van der Waals surface area contributed by atoms with E-state index in [-0.39, 0.29) is 5.91 Å². The molecule has 0 N–H and O–H groups in total. The number of likely N-dealkylation sites (N-methyl/N-ethyl adjacent to an activating group) is 1. The second-order valence-electron chi connectivity index (χ2n) is 4.24. The highest BCUT2D eigenvalue weighted by molar-refractivity contribution is 5.97. The third-order valence-corrected chi connectivity index (χ3v) is 3.32. The Hall–Kier alpha value is -1.10. The van der Waals surface area contributed by atoms with E-state index in [1.807, 2.05) is 6.92 Å². The SMILES string of the molecule is CCC(C(=O)OC)C(=O)N1CCN(CC)CC1. The first-order valence-electron chi connectivity index (χ1n) is 6.23. The van der Waals surface area contributed by atoms with E-state index in [1.165, 1.54) is 7.11 Å². The maximum Gasteiger partial charge on any atom is 0.318 e. The molecular formula is C12H22N2O3. The van der Waals surface area contributed by atoms with Crippen LogP contribution in [0.3, 0.4) is 0 Å². The maximum absolute atomic E-state index is 12.1. The minimum absolute atomic E-state index is 0.0879. The van der Waals surface area contributed by atoms with Gasteiger partial charge in [0.05, 0.1) is 7.11 Å². The summed E-state index contributed by atoms with van der Waals surface area (Å²) < 4.78 is 4.66. The Morgan fingerprint density at radius 1 is 1.18 bits per heavy atom. The average Bonchev–Trinajstić information content (AvgIpc) is 2.39. The van der Waals surface area contributed by atoms with Gasteiger partial charge in [-0.3, -0.25) is 9.59 Å². The standard InChI is InChI=1S/C12H22N2O3/c1-4-10(12(16)17-3)11(15)14-8-6-13(5-2)7-9-14/h10H,4-9H2,1-3H3. The molecular weight excluding hydrogens is 220 g/mol. The van der Waals surface area contributed by atoms with Crippen molar-refractivity contribution in [2.75, 3.05) is 39.8 Å². The molecule has 0 bridgehead atoms. The molecule has 1 heterocycles. The number of piperazine rings is 1. The Labute approximate surface area is 103 Å². The summed E-state index contributed by atoms with van der Waals surface area (Å²) in [5.41, 5.74) is 0. The van der Waals surface area contributed by atoms with Crippen molar-refractivity contribution >= 4 is 11.9 Å². The molecule has 1 saturated heterocycles. The monoisotopic (exact) mass is 242 g/mol. The summed E-state index contributed by atoms with van der Waals surface area (Å²) in [6.07, 6.45) is 0.500. The third-order valence-electron chi connectivity index (χ3n) is 3.32. The molecule has 17 heavy (non-hydrogen) atoms. The van der Waals surface area contributed by atoms with E-state index in [2.05, 4.69) is 16.6 Å². The molecule has 0 aromatic heterocycles. The summed E-state index contributed by atoms with van der Waals surface area (Å²) in [5.74, 6) is -1.14. The second kappa shape index (κ2) is 6.59. The Balaban J connectivity index is 2.55. The van der Waals surface area contributed by atoms with Crippen LogP contribution in [0.15, 0.2) is 0 Å². The van der Waals surface area contributed by atoms with Crippen molar-refractivity contribution in [1.82, 2.24) is 9.80 Å². The van der Waals surface area contributed by atoms with Crippen LogP contribution < -0.4 is 0 Å². The maximum atomic E-state index is 12.1. The van der Waals surface area contributed by atoms with Crippen molar-refractivity contribution in [2.24, 2.45) is 5.92 Å². The normalized spacial score (nSPS) is 18.9. The van der Waals surface area contributed by atoms with Crippen molar-refractivity contribution in [3.05, 3.63) is 0 Å². The number of esters is 1. The fourth-order valence-corrected chi connectivity index (χ4v) is 2.09. The first kappa shape index (κ1) is 14.0. The number of nitrogens with zero attached hydrogens (tertiary/aromatic N) is 2. The average molecular weight is 242 g/mol. The van der Waals surface area contributed by atoms with E-state index in [0.29, 0.717) is 19.5 Å². The smallest absolute Gasteiger partial charge is 0.318 e. The van der Waals surface area contributed by atoms with Crippen molar-refractivity contribution < 1.29 is 14.3 Å². The molecule has 1 aliphatic heterocycles. The first-order chi connectivity index (χ1) is 8.13. The van der Waals surface area contributed by atoms with Crippen molar-refractivity contribution in [3.63, 3.8) is 0 Å². The van der Waals surface area contributed by atoms with Gasteiger partial charge in [-0.05, 0) is 13.0 Å². The van der Waals surface area contributed by atoms with E-state index in [9.17, 15) is 9.59 Å². The number of hydrogen-bond donors (Lipinski definition) is 0. The second-order valence-corrected chi connectivity index (χ2v) is 4.24. The molecule has 0 aromatic carbocycles. The summed E-state index contributed by atoms with van der Waals surface area (Å²) in [7, 11) is 1.33. The van der Waals surface area contributed by atoms with Gasteiger partial charge in [-0.25, -0.2) is 0 Å². The van der Waals surface area contributed by atoms with Crippen molar-refractivity contribution in [2.45, 2.75) is 20.3 Å². The molecule has 0 radical (unpaired) electrons. The van der Waals surface area contributed by atoms with E-state index in [4.69, 9.17) is 0 Å². The molecule has 1 atom stereocenters. The molecule has 1 fully saturated rings. The zero-order chi connectivity index (χ0) is 12.8. The predicted octanol–water partition coefficient (Wildman–Crippen LogP) is 0.350. The number of ether oxygens (including phenoxy) is 1. The van der Waals surface area contributed by atoms with E-state index < -0.39 is 11.9 Å². The lowest BCUT2D eigenvalue weighted by molar-refractivity contribution is -0.154. The van der Waals surface area contributed by atoms with Crippen LogP contribution in [0.5, 0.6) is 0 Å². The molecule has 5 nitrogen and oxygen atoms in total. The molecule has 1 amide bonds. The highest BCUT2D eigenvalue weighted by Gasteiger charge is 2.31. The van der Waals surface area contributed by atoms with Crippen LogP contribution in [0, 0.1) is 5.92 Å². The largest absolute Gasteiger partial charge is 0.468 e. The Morgan fingerprint density at radius 2 is 1.76 bits per heavy atom. The summed E-state index contributed by atoms with van der Waals surface area (Å²) >= 11 is 0. The Bertz CT molecular complexity index is 273. The number of methoxy groups -OCH3 is 1. The lowest BCUT2D eigenvalue weighted by Gasteiger charge is -2.35. The molecule has 0 aromatic rings. The van der Waals surface area contributed by atoms with Crippen LogP contribution in [0.4, 0.5) is 0 Å². The van der Waals surface area contributed by atoms with Crippen LogP contribution in [0.1, 0.15) is 20.3 Å². The van der Waals surface area contributed by atoms with Gasteiger partial charge in [0.25, 0.3) is 0 Å². The zero-order valence-corrected chi connectivity index (χ0v) is 10.9.